The van der Waals surface area contributed by atoms with Gasteiger partial charge in [0.05, 0.1) is 11.1 Å². The van der Waals surface area contributed by atoms with Crippen molar-refractivity contribution in [1.29, 1.82) is 0 Å². The molecule has 2 aromatic carbocycles. The normalized spacial score (nSPS) is 10.1. The molecule has 1 amide bonds. The van der Waals surface area contributed by atoms with Crippen molar-refractivity contribution in [2.45, 2.75) is 0 Å². The lowest BCUT2D eigenvalue weighted by atomic mass is 10.1. The second-order valence-electron chi connectivity index (χ2n) is 3.93. The predicted octanol–water partition coefficient (Wildman–Crippen LogP) is 3.38. The van der Waals surface area contributed by atoms with E-state index < -0.39 is 17.7 Å². The third-order valence-electron chi connectivity index (χ3n) is 2.57. The monoisotopic (exact) mass is 385 g/mol. The van der Waals surface area contributed by atoms with Gasteiger partial charge in [-0.25, -0.2) is 9.18 Å². The number of rotatable bonds is 3. The first-order valence-electron chi connectivity index (χ1n) is 5.58. The van der Waals surface area contributed by atoms with Crippen LogP contribution in [0.4, 0.5) is 10.1 Å². The van der Waals surface area contributed by atoms with Crippen LogP contribution in [-0.4, -0.2) is 17.0 Å². The second-order valence-corrected chi connectivity index (χ2v) is 5.10. The van der Waals surface area contributed by atoms with E-state index in [2.05, 4.69) is 5.32 Å². The lowest BCUT2D eigenvalue weighted by molar-refractivity contribution is 0.0695. The van der Waals surface area contributed by atoms with Gasteiger partial charge in [0, 0.05) is 9.26 Å². The third-order valence-corrected chi connectivity index (χ3v) is 3.51. The Morgan fingerprint density at radius 3 is 2.45 bits per heavy atom. The number of anilines is 1. The molecule has 0 aliphatic carbocycles. The summed E-state index contributed by atoms with van der Waals surface area (Å²) in [7, 11) is 0. The number of hydrogen-bond donors (Lipinski definition) is 2. The van der Waals surface area contributed by atoms with Crippen LogP contribution in [-0.2, 0) is 0 Å². The number of aromatic carboxylic acids is 1. The van der Waals surface area contributed by atoms with Crippen molar-refractivity contribution >= 4 is 40.2 Å². The van der Waals surface area contributed by atoms with Gasteiger partial charge in [-0.2, -0.15) is 0 Å². The number of hydrogen-bond acceptors (Lipinski definition) is 2. The molecule has 0 radical (unpaired) electrons. The first kappa shape index (κ1) is 14.4. The number of benzene rings is 2. The summed E-state index contributed by atoms with van der Waals surface area (Å²) in [6.45, 7) is 0. The van der Waals surface area contributed by atoms with Gasteiger partial charge in [0.2, 0.25) is 0 Å². The second kappa shape index (κ2) is 6.00. The fourth-order valence-corrected chi connectivity index (χ4v) is 2.18. The average Bonchev–Trinajstić information content (AvgIpc) is 2.41. The van der Waals surface area contributed by atoms with Gasteiger partial charge in [0.15, 0.2) is 0 Å². The van der Waals surface area contributed by atoms with Crippen LogP contribution in [0.5, 0.6) is 0 Å². The molecule has 0 aliphatic heterocycles. The zero-order valence-corrected chi connectivity index (χ0v) is 12.2. The van der Waals surface area contributed by atoms with Crippen molar-refractivity contribution < 1.29 is 19.1 Å². The van der Waals surface area contributed by atoms with Gasteiger partial charge < -0.3 is 10.4 Å². The highest BCUT2D eigenvalue weighted by Gasteiger charge is 2.13. The molecule has 0 atom stereocenters. The number of carbonyl (C=O) groups is 2. The maximum atomic E-state index is 13.5. The summed E-state index contributed by atoms with van der Waals surface area (Å²) < 4.78 is 14.0. The summed E-state index contributed by atoms with van der Waals surface area (Å²) in [4.78, 5) is 22.9. The molecule has 6 heteroatoms. The summed E-state index contributed by atoms with van der Waals surface area (Å²) in [5.41, 5.74) is 0.288. The zero-order chi connectivity index (χ0) is 14.7. The maximum absolute atomic E-state index is 13.5. The molecule has 2 rings (SSSR count). The van der Waals surface area contributed by atoms with E-state index in [-0.39, 0.29) is 11.1 Å². The Morgan fingerprint density at radius 2 is 1.80 bits per heavy atom. The number of carbonyl (C=O) groups excluding carboxylic acids is 1. The van der Waals surface area contributed by atoms with E-state index in [1.54, 1.807) is 18.2 Å². The van der Waals surface area contributed by atoms with Crippen molar-refractivity contribution in [2.75, 3.05) is 5.32 Å². The quantitative estimate of drug-likeness (QED) is 0.797. The van der Waals surface area contributed by atoms with Crippen molar-refractivity contribution in [3.8, 4) is 0 Å². The van der Waals surface area contributed by atoms with Gasteiger partial charge in [-0.1, -0.05) is 12.1 Å². The fourth-order valence-electron chi connectivity index (χ4n) is 1.61. The van der Waals surface area contributed by atoms with Crippen LogP contribution in [0.15, 0.2) is 42.5 Å². The van der Waals surface area contributed by atoms with Gasteiger partial charge in [-0.3, -0.25) is 4.79 Å². The Labute approximate surface area is 127 Å². The Kier molecular flexibility index (Phi) is 4.33. The molecule has 0 saturated heterocycles. The fraction of sp³-hybridized carbons (Fsp3) is 0. The molecule has 0 saturated carbocycles. The Balaban J connectivity index is 2.27. The summed E-state index contributed by atoms with van der Waals surface area (Å²) in [5, 5.41) is 11.5. The molecule has 2 N–H and O–H groups in total. The number of amides is 1. The zero-order valence-electron chi connectivity index (χ0n) is 10.1. The van der Waals surface area contributed by atoms with E-state index in [1.165, 1.54) is 24.3 Å². The largest absolute Gasteiger partial charge is 0.478 e. The average molecular weight is 385 g/mol. The molecule has 2 aromatic rings. The van der Waals surface area contributed by atoms with Crippen molar-refractivity contribution in [2.24, 2.45) is 0 Å². The minimum atomic E-state index is -1.09. The Hall–Kier alpha value is -1.96. The van der Waals surface area contributed by atoms with E-state index in [0.29, 0.717) is 9.26 Å². The number of carboxylic acid groups (broad SMARTS) is 1. The molecule has 0 spiro atoms. The standard InChI is InChI=1S/C14H9FINO3/c15-11-4-2-1-3-9(11)13(18)17-8-5-6-12(16)10(7-8)14(19)20/h1-7H,(H,17,18)(H,19,20). The van der Waals surface area contributed by atoms with E-state index in [1.807, 2.05) is 22.6 Å². The molecule has 0 aromatic heterocycles. The van der Waals surface area contributed by atoms with Crippen molar-refractivity contribution in [3.63, 3.8) is 0 Å². The molecule has 0 heterocycles. The van der Waals surface area contributed by atoms with E-state index >= 15 is 0 Å². The summed E-state index contributed by atoms with van der Waals surface area (Å²) >= 11 is 1.89. The van der Waals surface area contributed by atoms with Gasteiger partial charge in [0.25, 0.3) is 5.91 Å². The number of nitrogens with one attached hydrogen (secondary N) is 1. The first-order valence-corrected chi connectivity index (χ1v) is 6.65. The van der Waals surface area contributed by atoms with Gasteiger partial charge in [0.1, 0.15) is 5.82 Å². The van der Waals surface area contributed by atoms with Crippen LogP contribution in [0, 0.1) is 9.39 Å². The minimum absolute atomic E-state index is 0.0805. The van der Waals surface area contributed by atoms with Crippen LogP contribution < -0.4 is 5.32 Å². The van der Waals surface area contributed by atoms with Crippen LogP contribution in [0.2, 0.25) is 0 Å². The summed E-state index contributed by atoms with van der Waals surface area (Å²) in [6, 6.07) is 10.0. The molecular formula is C14H9FINO3. The maximum Gasteiger partial charge on any atom is 0.336 e. The molecule has 0 unspecified atom stereocenters. The van der Waals surface area contributed by atoms with Crippen LogP contribution in [0.1, 0.15) is 20.7 Å². The highest BCUT2D eigenvalue weighted by molar-refractivity contribution is 14.1. The highest BCUT2D eigenvalue weighted by atomic mass is 127. The smallest absolute Gasteiger partial charge is 0.336 e. The molecule has 102 valence electrons. The number of carboxylic acids is 1. The minimum Gasteiger partial charge on any atom is -0.478 e. The molecular weight excluding hydrogens is 376 g/mol. The molecule has 0 aliphatic rings. The number of halogens is 2. The lowest BCUT2D eigenvalue weighted by Gasteiger charge is -2.08. The predicted molar refractivity (Wildman–Crippen MR) is 80.5 cm³/mol. The third kappa shape index (κ3) is 3.13. The van der Waals surface area contributed by atoms with Crippen molar-refractivity contribution in [1.82, 2.24) is 0 Å². The SMILES string of the molecule is O=C(Nc1ccc(I)c(C(=O)O)c1)c1ccccc1F. The van der Waals surface area contributed by atoms with Gasteiger partial charge in [-0.15, -0.1) is 0 Å². The van der Waals surface area contributed by atoms with Gasteiger partial charge in [-0.05, 0) is 52.9 Å². The van der Waals surface area contributed by atoms with E-state index in [0.717, 1.165) is 0 Å². The van der Waals surface area contributed by atoms with Crippen LogP contribution >= 0.6 is 22.6 Å². The summed E-state index contributed by atoms with van der Waals surface area (Å²) in [6.07, 6.45) is 0. The molecule has 20 heavy (non-hydrogen) atoms. The topological polar surface area (TPSA) is 66.4 Å². The van der Waals surface area contributed by atoms with Crippen LogP contribution in [0.3, 0.4) is 0 Å². The highest BCUT2D eigenvalue weighted by Crippen LogP contribution is 2.19. The Morgan fingerprint density at radius 1 is 1.10 bits per heavy atom. The van der Waals surface area contributed by atoms with Gasteiger partial charge >= 0.3 is 5.97 Å². The van der Waals surface area contributed by atoms with E-state index in [9.17, 15) is 14.0 Å². The summed E-state index contributed by atoms with van der Waals surface area (Å²) in [5.74, 6) is -2.34. The first-order chi connectivity index (χ1) is 9.49. The molecule has 0 fully saturated rings. The van der Waals surface area contributed by atoms with E-state index in [4.69, 9.17) is 5.11 Å². The Bertz CT molecular complexity index is 688. The molecule has 4 nitrogen and oxygen atoms in total. The lowest BCUT2D eigenvalue weighted by Crippen LogP contribution is -2.14. The van der Waals surface area contributed by atoms with Crippen LogP contribution in [0.25, 0.3) is 0 Å². The van der Waals surface area contributed by atoms with Crippen molar-refractivity contribution in [3.05, 3.63) is 63.0 Å². The molecule has 0 bridgehead atoms.